The number of carbonyl (C=O) groups is 1. The lowest BCUT2D eigenvalue weighted by Gasteiger charge is -2.20. The topological polar surface area (TPSA) is 51.2 Å². The first kappa shape index (κ1) is 16.4. The molecule has 6 nitrogen and oxygen atoms in total. The Balaban J connectivity index is 1.50. The van der Waals surface area contributed by atoms with Crippen LogP contribution in [-0.4, -0.2) is 37.4 Å². The molecule has 136 valence electrons. The molecule has 26 heavy (non-hydrogen) atoms. The smallest absolute Gasteiger partial charge is 0.387 e. The Bertz CT molecular complexity index is 831. The van der Waals surface area contributed by atoms with Crippen molar-refractivity contribution in [1.29, 1.82) is 0 Å². The molecule has 0 saturated carbocycles. The van der Waals surface area contributed by atoms with Gasteiger partial charge < -0.3 is 19.1 Å². The zero-order chi connectivity index (χ0) is 18.1. The van der Waals surface area contributed by atoms with E-state index in [2.05, 4.69) is 4.74 Å². The lowest BCUT2D eigenvalue weighted by molar-refractivity contribution is -0.0506. The fourth-order valence-electron chi connectivity index (χ4n) is 3.07. The number of fused-ring (bicyclic) bond motifs is 1. The Morgan fingerprint density at radius 2 is 1.88 bits per heavy atom. The minimum Gasteiger partial charge on any atom is -0.454 e. The summed E-state index contributed by atoms with van der Waals surface area (Å²) in [5, 5.41) is 0. The van der Waals surface area contributed by atoms with Crippen molar-refractivity contribution in [3.63, 3.8) is 0 Å². The number of urea groups is 1. The van der Waals surface area contributed by atoms with Crippen molar-refractivity contribution < 1.29 is 27.8 Å². The third-order valence-corrected chi connectivity index (χ3v) is 4.31. The minimum absolute atomic E-state index is 0.0804. The van der Waals surface area contributed by atoms with E-state index >= 15 is 0 Å². The Morgan fingerprint density at radius 3 is 2.73 bits per heavy atom. The number of anilines is 1. The van der Waals surface area contributed by atoms with Gasteiger partial charge >= 0.3 is 12.6 Å². The van der Waals surface area contributed by atoms with E-state index in [0.29, 0.717) is 35.8 Å². The zero-order valence-corrected chi connectivity index (χ0v) is 13.7. The second-order valence-corrected chi connectivity index (χ2v) is 5.88. The van der Waals surface area contributed by atoms with E-state index < -0.39 is 6.61 Å². The summed E-state index contributed by atoms with van der Waals surface area (Å²) in [5.74, 6) is 1.33. The molecule has 0 aliphatic carbocycles. The summed E-state index contributed by atoms with van der Waals surface area (Å²) in [5.41, 5.74) is 1.24. The van der Waals surface area contributed by atoms with E-state index in [4.69, 9.17) is 9.47 Å². The molecule has 2 aliphatic rings. The standard InChI is InChI=1S/C18H16F2N2O4/c19-17(20)26-14-4-2-1-3-12(14)10-21-7-8-22(18(21)23)13-5-6-15-16(9-13)25-11-24-15/h1-6,9,17H,7-8,10-11H2. The van der Waals surface area contributed by atoms with Crippen LogP contribution in [-0.2, 0) is 6.54 Å². The number of hydrogen-bond acceptors (Lipinski definition) is 4. The highest BCUT2D eigenvalue weighted by atomic mass is 19.3. The monoisotopic (exact) mass is 362 g/mol. The lowest BCUT2D eigenvalue weighted by Crippen LogP contribution is -2.31. The number of amides is 2. The van der Waals surface area contributed by atoms with Crippen molar-refractivity contribution in [3.05, 3.63) is 48.0 Å². The van der Waals surface area contributed by atoms with Gasteiger partial charge in [-0.05, 0) is 18.2 Å². The molecule has 0 bridgehead atoms. The molecule has 2 aliphatic heterocycles. The van der Waals surface area contributed by atoms with E-state index in [-0.39, 0.29) is 25.1 Å². The zero-order valence-electron chi connectivity index (χ0n) is 13.7. The summed E-state index contributed by atoms with van der Waals surface area (Å²) >= 11 is 0. The number of benzene rings is 2. The van der Waals surface area contributed by atoms with Crippen LogP contribution in [0.5, 0.6) is 17.2 Å². The van der Waals surface area contributed by atoms with Gasteiger partial charge in [0.15, 0.2) is 11.5 Å². The highest BCUT2D eigenvalue weighted by Gasteiger charge is 2.31. The molecule has 2 heterocycles. The fraction of sp³-hybridized carbons (Fsp3) is 0.278. The SMILES string of the molecule is O=C1N(Cc2ccccc2OC(F)F)CCN1c1ccc2c(c1)OCO2. The predicted molar refractivity (Wildman–Crippen MR) is 88.8 cm³/mol. The third-order valence-electron chi connectivity index (χ3n) is 4.31. The van der Waals surface area contributed by atoms with Gasteiger partial charge in [-0.3, -0.25) is 4.90 Å². The number of rotatable bonds is 5. The van der Waals surface area contributed by atoms with Crippen LogP contribution in [0, 0.1) is 0 Å². The molecule has 2 amide bonds. The molecule has 0 aromatic heterocycles. The van der Waals surface area contributed by atoms with Gasteiger partial charge in [0.25, 0.3) is 0 Å². The summed E-state index contributed by atoms with van der Waals surface area (Å²) in [6, 6.07) is 11.6. The molecule has 1 saturated heterocycles. The first-order valence-corrected chi connectivity index (χ1v) is 8.10. The van der Waals surface area contributed by atoms with E-state index in [0.717, 1.165) is 0 Å². The van der Waals surface area contributed by atoms with Crippen LogP contribution >= 0.6 is 0 Å². The van der Waals surface area contributed by atoms with Crippen molar-refractivity contribution in [2.45, 2.75) is 13.2 Å². The van der Waals surface area contributed by atoms with Gasteiger partial charge in [0.05, 0.1) is 6.54 Å². The molecule has 2 aromatic carbocycles. The maximum Gasteiger partial charge on any atom is 0.387 e. The maximum atomic E-state index is 12.7. The molecule has 0 unspecified atom stereocenters. The highest BCUT2D eigenvalue weighted by molar-refractivity contribution is 5.94. The highest BCUT2D eigenvalue weighted by Crippen LogP contribution is 2.36. The number of halogens is 2. The van der Waals surface area contributed by atoms with Crippen LogP contribution in [0.1, 0.15) is 5.56 Å². The van der Waals surface area contributed by atoms with E-state index in [1.54, 1.807) is 46.2 Å². The van der Waals surface area contributed by atoms with Gasteiger partial charge in [-0.2, -0.15) is 8.78 Å². The number of para-hydroxylation sites is 1. The Morgan fingerprint density at radius 1 is 1.08 bits per heavy atom. The molecule has 0 radical (unpaired) electrons. The molecular weight excluding hydrogens is 346 g/mol. The van der Waals surface area contributed by atoms with Crippen molar-refractivity contribution in [3.8, 4) is 17.2 Å². The Kier molecular flexibility index (Phi) is 4.24. The van der Waals surface area contributed by atoms with E-state index in [1.165, 1.54) is 6.07 Å². The number of carbonyl (C=O) groups excluding carboxylic acids is 1. The fourth-order valence-corrected chi connectivity index (χ4v) is 3.07. The van der Waals surface area contributed by atoms with Crippen molar-refractivity contribution >= 4 is 11.7 Å². The lowest BCUT2D eigenvalue weighted by atomic mass is 10.2. The summed E-state index contributed by atoms with van der Waals surface area (Å²) in [7, 11) is 0. The third kappa shape index (κ3) is 3.10. The molecule has 1 fully saturated rings. The van der Waals surface area contributed by atoms with Gasteiger partial charge in [-0.25, -0.2) is 4.79 Å². The molecule has 0 N–H and O–H groups in total. The largest absolute Gasteiger partial charge is 0.454 e. The maximum absolute atomic E-state index is 12.7. The minimum atomic E-state index is -2.91. The quantitative estimate of drug-likeness (QED) is 0.817. The predicted octanol–water partition coefficient (Wildman–Crippen LogP) is 3.46. The van der Waals surface area contributed by atoms with E-state index in [1.807, 2.05) is 0 Å². The second-order valence-electron chi connectivity index (χ2n) is 5.88. The first-order chi connectivity index (χ1) is 12.6. The molecule has 2 aromatic rings. The summed E-state index contributed by atoms with van der Waals surface area (Å²) in [6.07, 6.45) is 0. The summed E-state index contributed by atoms with van der Waals surface area (Å²) < 4.78 is 40.3. The summed E-state index contributed by atoms with van der Waals surface area (Å²) in [4.78, 5) is 16.0. The molecule has 4 rings (SSSR count). The molecular formula is C18H16F2N2O4. The van der Waals surface area contributed by atoms with Crippen molar-refractivity contribution in [2.75, 3.05) is 24.8 Å². The van der Waals surface area contributed by atoms with Gasteiger partial charge in [0.1, 0.15) is 5.75 Å². The van der Waals surface area contributed by atoms with Crippen LogP contribution in [0.4, 0.5) is 19.3 Å². The summed E-state index contributed by atoms with van der Waals surface area (Å²) in [6.45, 7) is -1.56. The number of nitrogens with zero attached hydrogens (tertiary/aromatic N) is 2. The van der Waals surface area contributed by atoms with E-state index in [9.17, 15) is 13.6 Å². The van der Waals surface area contributed by atoms with Gasteiger partial charge in [0, 0.05) is 30.4 Å². The van der Waals surface area contributed by atoms with Crippen LogP contribution < -0.4 is 19.1 Å². The van der Waals surface area contributed by atoms with Gasteiger partial charge in [-0.1, -0.05) is 18.2 Å². The van der Waals surface area contributed by atoms with Gasteiger partial charge in [-0.15, -0.1) is 0 Å². The van der Waals surface area contributed by atoms with Crippen molar-refractivity contribution in [1.82, 2.24) is 4.90 Å². The first-order valence-electron chi connectivity index (χ1n) is 8.10. The average Bonchev–Trinajstić information content (AvgIpc) is 3.22. The van der Waals surface area contributed by atoms with Crippen LogP contribution in [0.25, 0.3) is 0 Å². The molecule has 8 heteroatoms. The second kappa shape index (κ2) is 6.70. The number of hydrogen-bond donors (Lipinski definition) is 0. The average molecular weight is 362 g/mol. The number of ether oxygens (including phenoxy) is 3. The van der Waals surface area contributed by atoms with Crippen molar-refractivity contribution in [2.24, 2.45) is 0 Å². The normalized spacial score (nSPS) is 15.9. The molecule has 0 spiro atoms. The number of alkyl halides is 2. The molecule has 0 atom stereocenters. The Hall–Kier alpha value is -3.03. The van der Waals surface area contributed by atoms with Crippen LogP contribution in [0.2, 0.25) is 0 Å². The van der Waals surface area contributed by atoms with Crippen LogP contribution in [0.3, 0.4) is 0 Å². The van der Waals surface area contributed by atoms with Crippen LogP contribution in [0.15, 0.2) is 42.5 Å². The Labute approximate surface area is 148 Å². The van der Waals surface area contributed by atoms with Gasteiger partial charge in [0.2, 0.25) is 6.79 Å².